The molecule has 0 saturated heterocycles. The summed E-state index contributed by atoms with van der Waals surface area (Å²) < 4.78 is 13.8. The van der Waals surface area contributed by atoms with Crippen molar-refractivity contribution in [3.05, 3.63) is 18.7 Å². The second kappa shape index (κ2) is 5.50. The molecule has 0 aliphatic carbocycles. The van der Waals surface area contributed by atoms with E-state index in [-0.39, 0.29) is 5.97 Å². The molecule has 0 bridgehead atoms. The van der Waals surface area contributed by atoms with Crippen molar-refractivity contribution in [2.24, 2.45) is 7.05 Å². The molecule has 5 nitrogen and oxygen atoms in total. The number of imidazole rings is 1. The third kappa shape index (κ3) is 3.06. The maximum atomic E-state index is 11.6. The molecule has 0 aliphatic rings. The molecule has 1 atom stereocenters. The van der Waals surface area contributed by atoms with Gasteiger partial charge in [-0.05, 0) is 13.8 Å². The van der Waals surface area contributed by atoms with E-state index in [1.807, 2.05) is 24.7 Å². The Bertz CT molecular complexity index is 322. The van der Waals surface area contributed by atoms with Crippen molar-refractivity contribution in [1.82, 2.24) is 4.57 Å². The third-order valence-corrected chi connectivity index (χ3v) is 1.87. The van der Waals surface area contributed by atoms with Gasteiger partial charge in [-0.15, -0.1) is 0 Å². The van der Waals surface area contributed by atoms with E-state index in [1.54, 1.807) is 24.0 Å². The van der Waals surface area contributed by atoms with Gasteiger partial charge < -0.3 is 9.47 Å². The summed E-state index contributed by atoms with van der Waals surface area (Å²) in [5, 5.41) is 0. The summed E-state index contributed by atoms with van der Waals surface area (Å²) in [5.74, 6) is -0.365. The predicted octanol–water partition coefficient (Wildman–Crippen LogP) is 0.411. The monoisotopic (exact) mass is 213 g/mol. The standard InChI is InChI=1S/C10H17N2O3/c1-4-14-9(10(13)15-5-2)12-7-6-11(3)8-12/h6-9H,4-5H2,1-3H3/q+1. The van der Waals surface area contributed by atoms with Gasteiger partial charge >= 0.3 is 12.2 Å². The Morgan fingerprint density at radius 2 is 2.20 bits per heavy atom. The van der Waals surface area contributed by atoms with Crippen molar-refractivity contribution in [2.75, 3.05) is 13.2 Å². The molecule has 0 radical (unpaired) electrons. The summed E-state index contributed by atoms with van der Waals surface area (Å²) in [6.07, 6.45) is 4.70. The summed E-state index contributed by atoms with van der Waals surface area (Å²) in [5.41, 5.74) is 0. The number of hydrogen-bond donors (Lipinski definition) is 0. The van der Waals surface area contributed by atoms with Crippen LogP contribution in [0.5, 0.6) is 0 Å². The van der Waals surface area contributed by atoms with E-state index in [0.717, 1.165) is 0 Å². The lowest BCUT2D eigenvalue weighted by Gasteiger charge is -2.11. The molecule has 1 aromatic rings. The van der Waals surface area contributed by atoms with E-state index in [2.05, 4.69) is 0 Å². The molecule has 0 aromatic carbocycles. The van der Waals surface area contributed by atoms with Gasteiger partial charge in [0.25, 0.3) is 0 Å². The van der Waals surface area contributed by atoms with Gasteiger partial charge in [0.15, 0.2) is 0 Å². The van der Waals surface area contributed by atoms with Crippen LogP contribution >= 0.6 is 0 Å². The molecular formula is C10H17N2O3+. The highest BCUT2D eigenvalue weighted by Crippen LogP contribution is 2.09. The molecule has 1 heterocycles. The maximum Gasteiger partial charge on any atom is 0.381 e. The highest BCUT2D eigenvalue weighted by Gasteiger charge is 2.26. The number of aromatic nitrogens is 2. The first-order chi connectivity index (χ1) is 7.19. The number of hydrogen-bond acceptors (Lipinski definition) is 3. The highest BCUT2D eigenvalue weighted by molar-refractivity contribution is 5.72. The van der Waals surface area contributed by atoms with Crippen LogP contribution in [0.4, 0.5) is 0 Å². The van der Waals surface area contributed by atoms with Crippen LogP contribution in [-0.2, 0) is 21.3 Å². The van der Waals surface area contributed by atoms with E-state index in [0.29, 0.717) is 13.2 Å². The van der Waals surface area contributed by atoms with E-state index >= 15 is 0 Å². The highest BCUT2D eigenvalue weighted by atomic mass is 16.6. The van der Waals surface area contributed by atoms with Crippen LogP contribution in [0, 0.1) is 0 Å². The second-order valence-corrected chi connectivity index (χ2v) is 3.09. The van der Waals surface area contributed by atoms with E-state index in [4.69, 9.17) is 9.47 Å². The van der Waals surface area contributed by atoms with Gasteiger partial charge in [0.1, 0.15) is 12.4 Å². The van der Waals surface area contributed by atoms with Crippen molar-refractivity contribution in [3.8, 4) is 0 Å². The summed E-state index contributed by atoms with van der Waals surface area (Å²) >= 11 is 0. The van der Waals surface area contributed by atoms with Crippen LogP contribution in [0.25, 0.3) is 0 Å². The lowest BCUT2D eigenvalue weighted by atomic mass is 10.5. The summed E-state index contributed by atoms with van der Waals surface area (Å²) in [6.45, 7) is 4.44. The Balaban J connectivity index is 2.77. The molecule has 84 valence electrons. The molecule has 1 unspecified atom stereocenters. The van der Waals surface area contributed by atoms with Crippen LogP contribution < -0.4 is 4.57 Å². The van der Waals surface area contributed by atoms with Gasteiger partial charge in [0, 0.05) is 6.61 Å². The van der Waals surface area contributed by atoms with Gasteiger partial charge in [0.2, 0.25) is 6.33 Å². The Morgan fingerprint density at radius 1 is 1.47 bits per heavy atom. The van der Waals surface area contributed by atoms with Gasteiger partial charge in [-0.1, -0.05) is 0 Å². The number of esters is 1. The molecule has 15 heavy (non-hydrogen) atoms. The van der Waals surface area contributed by atoms with Crippen molar-refractivity contribution in [3.63, 3.8) is 0 Å². The molecule has 5 heteroatoms. The minimum Gasteiger partial charge on any atom is -0.461 e. The normalized spacial score (nSPS) is 12.5. The Kier molecular flexibility index (Phi) is 4.30. The molecule has 0 amide bonds. The first kappa shape index (κ1) is 11.7. The maximum absolute atomic E-state index is 11.6. The largest absolute Gasteiger partial charge is 0.461 e. The van der Waals surface area contributed by atoms with Crippen molar-refractivity contribution < 1.29 is 18.8 Å². The second-order valence-electron chi connectivity index (χ2n) is 3.09. The molecule has 0 aliphatic heterocycles. The van der Waals surface area contributed by atoms with Crippen LogP contribution in [-0.4, -0.2) is 23.8 Å². The lowest BCUT2D eigenvalue weighted by Crippen LogP contribution is -2.28. The SMILES string of the molecule is CCOC(=O)C(OCC)n1cc[n+](C)c1. The summed E-state index contributed by atoms with van der Waals surface area (Å²) in [6, 6.07) is 0. The zero-order valence-corrected chi connectivity index (χ0v) is 9.34. The molecule has 0 spiro atoms. The van der Waals surface area contributed by atoms with Gasteiger partial charge in [-0.2, -0.15) is 4.57 Å². The Hall–Kier alpha value is -1.36. The summed E-state index contributed by atoms with van der Waals surface area (Å²) in [4.78, 5) is 11.6. The predicted molar refractivity (Wildman–Crippen MR) is 52.9 cm³/mol. The van der Waals surface area contributed by atoms with Crippen LogP contribution in [0.3, 0.4) is 0 Å². The van der Waals surface area contributed by atoms with Crippen LogP contribution in [0.2, 0.25) is 0 Å². The molecule has 1 rings (SSSR count). The molecule has 0 fully saturated rings. The first-order valence-electron chi connectivity index (χ1n) is 5.00. The molecule has 0 saturated carbocycles. The fourth-order valence-corrected chi connectivity index (χ4v) is 1.26. The fraction of sp³-hybridized carbons (Fsp3) is 0.600. The van der Waals surface area contributed by atoms with E-state index in [1.165, 1.54) is 0 Å². The Labute approximate surface area is 89.2 Å². The van der Waals surface area contributed by atoms with Crippen molar-refractivity contribution >= 4 is 5.97 Å². The number of nitrogens with zero attached hydrogens (tertiary/aromatic N) is 2. The Morgan fingerprint density at radius 3 is 2.67 bits per heavy atom. The average Bonchev–Trinajstić information content (AvgIpc) is 2.61. The van der Waals surface area contributed by atoms with Gasteiger partial charge in [-0.25, -0.2) is 9.36 Å². The number of carbonyl (C=O) groups is 1. The van der Waals surface area contributed by atoms with Crippen molar-refractivity contribution in [2.45, 2.75) is 20.1 Å². The average molecular weight is 213 g/mol. The first-order valence-corrected chi connectivity index (χ1v) is 5.00. The van der Waals surface area contributed by atoms with Gasteiger partial charge in [-0.3, -0.25) is 0 Å². The van der Waals surface area contributed by atoms with Crippen molar-refractivity contribution in [1.29, 1.82) is 0 Å². The molecular weight excluding hydrogens is 196 g/mol. The number of carbonyl (C=O) groups excluding carboxylic acids is 1. The summed E-state index contributed by atoms with van der Waals surface area (Å²) in [7, 11) is 1.88. The van der Waals surface area contributed by atoms with E-state index in [9.17, 15) is 4.79 Å². The van der Waals surface area contributed by atoms with Crippen LogP contribution in [0.1, 0.15) is 20.1 Å². The fourth-order valence-electron chi connectivity index (χ4n) is 1.26. The van der Waals surface area contributed by atoms with Gasteiger partial charge in [0.05, 0.1) is 13.7 Å². The zero-order valence-electron chi connectivity index (χ0n) is 9.34. The minimum atomic E-state index is -0.684. The topological polar surface area (TPSA) is 44.3 Å². The van der Waals surface area contributed by atoms with E-state index < -0.39 is 6.23 Å². The number of rotatable bonds is 5. The van der Waals surface area contributed by atoms with Crippen LogP contribution in [0.15, 0.2) is 18.7 Å². The lowest BCUT2D eigenvalue weighted by molar-refractivity contribution is -0.671. The number of ether oxygens (including phenoxy) is 2. The quantitative estimate of drug-likeness (QED) is 0.525. The smallest absolute Gasteiger partial charge is 0.381 e. The zero-order chi connectivity index (χ0) is 11.3. The molecule has 0 N–H and O–H groups in total. The minimum absolute atomic E-state index is 0.357. The third-order valence-electron chi connectivity index (χ3n) is 1.87. The number of aryl methyl sites for hydroxylation is 1. The molecule has 1 aromatic heterocycles.